The van der Waals surface area contributed by atoms with Gasteiger partial charge in [0.2, 0.25) is 0 Å². The molecule has 0 amide bonds. The zero-order valence-corrected chi connectivity index (χ0v) is 12.6. The second kappa shape index (κ2) is 5.06. The van der Waals surface area contributed by atoms with E-state index < -0.39 is 11.4 Å². The maximum Gasteiger partial charge on any atom is 0.130 e. The predicted molar refractivity (Wildman–Crippen MR) is 76.7 cm³/mol. The predicted octanol–water partition coefficient (Wildman–Crippen LogP) is 4.90. The summed E-state index contributed by atoms with van der Waals surface area (Å²) < 4.78 is 14.0. The Labute approximate surface area is 119 Å². The molecule has 1 aromatic rings. The topological polar surface area (TPSA) is 20.2 Å². The Morgan fingerprint density at radius 2 is 1.84 bits per heavy atom. The van der Waals surface area contributed by atoms with Gasteiger partial charge >= 0.3 is 0 Å². The van der Waals surface area contributed by atoms with Crippen molar-refractivity contribution >= 4 is 11.6 Å². The van der Waals surface area contributed by atoms with Gasteiger partial charge in [0.05, 0.1) is 5.60 Å². The molecule has 0 atom stereocenters. The van der Waals surface area contributed by atoms with Gasteiger partial charge in [0.1, 0.15) is 5.82 Å². The monoisotopic (exact) mass is 284 g/mol. The van der Waals surface area contributed by atoms with Crippen LogP contribution in [0.2, 0.25) is 5.02 Å². The number of aliphatic hydroxyl groups is 1. The lowest BCUT2D eigenvalue weighted by Gasteiger charge is -2.41. The van der Waals surface area contributed by atoms with Gasteiger partial charge in [-0.05, 0) is 49.1 Å². The van der Waals surface area contributed by atoms with Gasteiger partial charge in [0, 0.05) is 10.6 Å². The molecule has 1 saturated carbocycles. The van der Waals surface area contributed by atoms with Crippen LogP contribution < -0.4 is 0 Å². The van der Waals surface area contributed by atoms with Crippen molar-refractivity contribution in [2.24, 2.45) is 11.3 Å². The second-order valence-electron chi connectivity index (χ2n) is 6.80. The molecule has 1 nitrogen and oxygen atoms in total. The third-order valence-corrected chi connectivity index (χ3v) is 4.71. The molecule has 1 fully saturated rings. The minimum absolute atomic E-state index is 0.250. The van der Waals surface area contributed by atoms with Gasteiger partial charge < -0.3 is 5.11 Å². The Kier molecular flexibility index (Phi) is 3.95. The minimum Gasteiger partial charge on any atom is -0.385 e. The number of benzene rings is 1. The Hall–Kier alpha value is -0.600. The quantitative estimate of drug-likeness (QED) is 0.777. The lowest BCUT2D eigenvalue weighted by molar-refractivity contribution is -0.0322. The highest BCUT2D eigenvalue weighted by atomic mass is 35.5. The van der Waals surface area contributed by atoms with E-state index in [0.717, 1.165) is 12.8 Å². The van der Waals surface area contributed by atoms with Gasteiger partial charge in [0.25, 0.3) is 0 Å². The molecule has 0 radical (unpaired) electrons. The first-order chi connectivity index (χ1) is 8.72. The normalized spacial score (nSPS) is 28.4. The fraction of sp³-hybridized carbons (Fsp3) is 0.625. The molecule has 0 aromatic heterocycles. The van der Waals surface area contributed by atoms with Crippen LogP contribution in [0, 0.1) is 17.2 Å². The molecule has 0 spiro atoms. The van der Waals surface area contributed by atoms with E-state index in [1.807, 2.05) is 0 Å². The third-order valence-electron chi connectivity index (χ3n) is 4.47. The Morgan fingerprint density at radius 1 is 1.26 bits per heavy atom. The summed E-state index contributed by atoms with van der Waals surface area (Å²) in [5, 5.41) is 11.1. The summed E-state index contributed by atoms with van der Waals surface area (Å²) in [6, 6.07) is 4.55. The summed E-state index contributed by atoms with van der Waals surface area (Å²) in [4.78, 5) is 0. The first-order valence-electron chi connectivity index (χ1n) is 6.90. The maximum atomic E-state index is 14.0. The molecule has 0 unspecified atom stereocenters. The van der Waals surface area contributed by atoms with Crippen molar-refractivity contribution in [3.8, 4) is 0 Å². The van der Waals surface area contributed by atoms with E-state index in [1.165, 1.54) is 6.07 Å². The van der Waals surface area contributed by atoms with Gasteiger partial charge in [-0.3, -0.25) is 0 Å². The van der Waals surface area contributed by atoms with E-state index >= 15 is 0 Å². The fourth-order valence-electron chi connectivity index (χ4n) is 3.10. The minimum atomic E-state index is -1.03. The second-order valence-corrected chi connectivity index (χ2v) is 7.23. The molecular formula is C16H22ClFO. The number of rotatable bonds is 1. The molecule has 0 aliphatic heterocycles. The van der Waals surface area contributed by atoms with E-state index in [2.05, 4.69) is 20.8 Å². The Balaban J connectivity index is 2.18. The fourth-order valence-corrected chi connectivity index (χ4v) is 3.26. The van der Waals surface area contributed by atoms with Gasteiger partial charge in [0.15, 0.2) is 0 Å². The summed E-state index contributed by atoms with van der Waals surface area (Å²) in [7, 11) is 0. The summed E-state index contributed by atoms with van der Waals surface area (Å²) in [6.07, 6.45) is 3.10. The van der Waals surface area contributed by atoms with Crippen LogP contribution in [0.5, 0.6) is 0 Å². The number of hydrogen-bond acceptors (Lipinski definition) is 1. The number of hydrogen-bond donors (Lipinski definition) is 1. The van der Waals surface area contributed by atoms with E-state index in [0.29, 0.717) is 29.3 Å². The van der Waals surface area contributed by atoms with Gasteiger partial charge in [-0.2, -0.15) is 0 Å². The maximum absolute atomic E-state index is 14.0. The molecule has 1 N–H and O–H groups in total. The molecule has 0 heterocycles. The first kappa shape index (κ1) is 14.8. The van der Waals surface area contributed by atoms with Gasteiger partial charge in [-0.1, -0.05) is 38.4 Å². The molecule has 3 heteroatoms. The van der Waals surface area contributed by atoms with E-state index in [9.17, 15) is 9.50 Å². The van der Waals surface area contributed by atoms with E-state index in [1.54, 1.807) is 12.1 Å². The van der Waals surface area contributed by atoms with Crippen LogP contribution in [-0.4, -0.2) is 5.11 Å². The van der Waals surface area contributed by atoms with Crippen LogP contribution in [-0.2, 0) is 5.60 Å². The third kappa shape index (κ3) is 3.11. The van der Waals surface area contributed by atoms with Crippen molar-refractivity contribution in [2.45, 2.75) is 52.1 Å². The zero-order chi connectivity index (χ0) is 14.3. The van der Waals surface area contributed by atoms with Crippen molar-refractivity contribution in [1.29, 1.82) is 0 Å². The molecule has 2 rings (SSSR count). The van der Waals surface area contributed by atoms with Crippen LogP contribution in [0.3, 0.4) is 0 Å². The highest BCUT2D eigenvalue weighted by Crippen LogP contribution is 2.46. The molecule has 19 heavy (non-hydrogen) atoms. The lowest BCUT2D eigenvalue weighted by atomic mass is 9.67. The molecule has 0 saturated heterocycles. The summed E-state index contributed by atoms with van der Waals surface area (Å²) in [5.74, 6) is 0.187. The summed E-state index contributed by atoms with van der Waals surface area (Å²) in [5.41, 5.74) is -0.389. The van der Waals surface area contributed by atoms with Crippen molar-refractivity contribution in [2.75, 3.05) is 0 Å². The van der Waals surface area contributed by atoms with E-state index in [4.69, 9.17) is 11.6 Å². The summed E-state index contributed by atoms with van der Waals surface area (Å²) in [6.45, 7) is 6.68. The van der Waals surface area contributed by atoms with Gasteiger partial charge in [-0.15, -0.1) is 0 Å². The molecule has 106 valence electrons. The van der Waals surface area contributed by atoms with Crippen molar-refractivity contribution in [3.05, 3.63) is 34.6 Å². The average Bonchev–Trinajstić information content (AvgIpc) is 2.27. The van der Waals surface area contributed by atoms with Crippen LogP contribution in [0.1, 0.15) is 52.0 Å². The van der Waals surface area contributed by atoms with E-state index in [-0.39, 0.29) is 5.41 Å². The Morgan fingerprint density at radius 3 is 2.32 bits per heavy atom. The molecule has 1 aliphatic rings. The molecule has 1 aliphatic carbocycles. The SMILES string of the molecule is CC(C)(C)C1CCC(O)(c2ccc(Cl)cc2F)CC1. The van der Waals surface area contributed by atoms with Crippen molar-refractivity contribution in [3.63, 3.8) is 0 Å². The largest absolute Gasteiger partial charge is 0.385 e. The van der Waals surface area contributed by atoms with Crippen LogP contribution in [0.25, 0.3) is 0 Å². The molecule has 0 bridgehead atoms. The zero-order valence-electron chi connectivity index (χ0n) is 11.8. The highest BCUT2D eigenvalue weighted by molar-refractivity contribution is 6.30. The molecular weight excluding hydrogens is 263 g/mol. The summed E-state index contributed by atoms with van der Waals surface area (Å²) >= 11 is 5.76. The van der Waals surface area contributed by atoms with Crippen LogP contribution in [0.15, 0.2) is 18.2 Å². The van der Waals surface area contributed by atoms with Crippen molar-refractivity contribution < 1.29 is 9.50 Å². The van der Waals surface area contributed by atoms with Crippen LogP contribution in [0.4, 0.5) is 4.39 Å². The highest BCUT2D eigenvalue weighted by Gasteiger charge is 2.39. The standard InChI is InChI=1S/C16H22ClFO/c1-15(2,3)11-6-8-16(19,9-7-11)13-5-4-12(17)10-14(13)18/h4-5,10-11,19H,6-9H2,1-3H3. The lowest BCUT2D eigenvalue weighted by Crippen LogP contribution is -2.36. The molecule has 1 aromatic carbocycles. The Bertz CT molecular complexity index is 456. The average molecular weight is 285 g/mol. The first-order valence-corrected chi connectivity index (χ1v) is 7.28. The van der Waals surface area contributed by atoms with Crippen molar-refractivity contribution in [1.82, 2.24) is 0 Å². The number of halogens is 2. The van der Waals surface area contributed by atoms with Gasteiger partial charge in [-0.25, -0.2) is 4.39 Å². The van der Waals surface area contributed by atoms with Crippen LogP contribution >= 0.6 is 11.6 Å². The smallest absolute Gasteiger partial charge is 0.130 e.